The molecular weight excluding hydrogens is 357 g/mol. The van der Waals surface area contributed by atoms with Crippen molar-refractivity contribution < 1.29 is 9.18 Å². The van der Waals surface area contributed by atoms with E-state index >= 15 is 0 Å². The van der Waals surface area contributed by atoms with Crippen LogP contribution in [0.1, 0.15) is 15.9 Å². The van der Waals surface area contributed by atoms with Gasteiger partial charge in [0, 0.05) is 12.1 Å². The standard InChI is InChI=1S/C22H16FN3O2/c23-17-9-5-15(6-10-17)13-24-21(27)16-7-11-18(12-8-16)26-14-25-20-4-2-1-3-19(20)22(26)28/h1-12,14H,13H2,(H,24,27). The van der Waals surface area contributed by atoms with E-state index in [1.54, 1.807) is 54.6 Å². The van der Waals surface area contributed by atoms with Crippen molar-refractivity contribution in [1.82, 2.24) is 14.9 Å². The Morgan fingerprint density at radius 3 is 2.43 bits per heavy atom. The van der Waals surface area contributed by atoms with Crippen molar-refractivity contribution in [3.63, 3.8) is 0 Å². The van der Waals surface area contributed by atoms with Gasteiger partial charge in [0.1, 0.15) is 12.1 Å². The molecule has 0 bridgehead atoms. The summed E-state index contributed by atoms with van der Waals surface area (Å²) in [6, 6.07) is 19.8. The number of fused-ring (bicyclic) bond motifs is 1. The number of nitrogens with zero attached hydrogens (tertiary/aromatic N) is 2. The molecule has 4 aromatic rings. The maximum absolute atomic E-state index is 12.9. The molecule has 0 aliphatic rings. The first-order chi connectivity index (χ1) is 13.6. The zero-order valence-electron chi connectivity index (χ0n) is 14.8. The zero-order chi connectivity index (χ0) is 19.5. The molecule has 6 heteroatoms. The van der Waals surface area contributed by atoms with E-state index in [0.717, 1.165) is 5.56 Å². The fourth-order valence-electron chi connectivity index (χ4n) is 2.91. The van der Waals surface area contributed by atoms with E-state index in [2.05, 4.69) is 10.3 Å². The zero-order valence-corrected chi connectivity index (χ0v) is 14.8. The Kier molecular flexibility index (Phi) is 4.68. The highest BCUT2D eigenvalue weighted by atomic mass is 19.1. The molecular formula is C22H16FN3O2. The number of carbonyl (C=O) groups is 1. The summed E-state index contributed by atoms with van der Waals surface area (Å²) in [4.78, 5) is 29.3. The summed E-state index contributed by atoms with van der Waals surface area (Å²) in [6.07, 6.45) is 1.48. The first kappa shape index (κ1) is 17.6. The van der Waals surface area contributed by atoms with E-state index in [1.807, 2.05) is 6.07 Å². The Morgan fingerprint density at radius 1 is 0.964 bits per heavy atom. The largest absolute Gasteiger partial charge is 0.348 e. The Balaban J connectivity index is 1.52. The number of halogens is 1. The normalized spacial score (nSPS) is 10.8. The molecule has 0 fully saturated rings. The Morgan fingerprint density at radius 2 is 1.68 bits per heavy atom. The van der Waals surface area contributed by atoms with Crippen molar-refractivity contribution in [2.75, 3.05) is 0 Å². The number of aromatic nitrogens is 2. The van der Waals surface area contributed by atoms with Crippen LogP contribution >= 0.6 is 0 Å². The molecule has 138 valence electrons. The number of hydrogen-bond donors (Lipinski definition) is 1. The second-order valence-electron chi connectivity index (χ2n) is 6.29. The molecule has 0 spiro atoms. The van der Waals surface area contributed by atoms with Crippen LogP contribution in [0.25, 0.3) is 16.6 Å². The number of amides is 1. The number of benzene rings is 3. The Hall–Kier alpha value is -3.80. The average Bonchev–Trinajstić information content (AvgIpc) is 2.74. The van der Waals surface area contributed by atoms with E-state index in [0.29, 0.717) is 28.7 Å². The van der Waals surface area contributed by atoms with Gasteiger partial charge in [0.2, 0.25) is 0 Å². The predicted octanol–water partition coefficient (Wildman–Crippen LogP) is 3.45. The van der Waals surface area contributed by atoms with Gasteiger partial charge in [-0.05, 0) is 54.1 Å². The van der Waals surface area contributed by atoms with Gasteiger partial charge < -0.3 is 5.32 Å². The summed E-state index contributed by atoms with van der Waals surface area (Å²) in [5, 5.41) is 3.32. The van der Waals surface area contributed by atoms with E-state index in [1.165, 1.54) is 23.0 Å². The highest BCUT2D eigenvalue weighted by Gasteiger charge is 2.08. The minimum atomic E-state index is -0.316. The van der Waals surface area contributed by atoms with Gasteiger partial charge in [0.15, 0.2) is 0 Å². The van der Waals surface area contributed by atoms with Crippen molar-refractivity contribution in [3.05, 3.63) is 106 Å². The summed E-state index contributed by atoms with van der Waals surface area (Å²) >= 11 is 0. The number of rotatable bonds is 4. The van der Waals surface area contributed by atoms with Gasteiger partial charge in [-0.2, -0.15) is 0 Å². The maximum atomic E-state index is 12.9. The van der Waals surface area contributed by atoms with Gasteiger partial charge in [-0.3, -0.25) is 14.2 Å². The topological polar surface area (TPSA) is 64.0 Å². The lowest BCUT2D eigenvalue weighted by molar-refractivity contribution is 0.0951. The summed E-state index contributed by atoms with van der Waals surface area (Å²) in [5.74, 6) is -0.566. The lowest BCUT2D eigenvalue weighted by atomic mass is 10.1. The molecule has 0 radical (unpaired) electrons. The molecule has 0 atom stereocenters. The number of nitrogens with one attached hydrogen (secondary N) is 1. The van der Waals surface area contributed by atoms with E-state index in [-0.39, 0.29) is 17.3 Å². The lowest BCUT2D eigenvalue weighted by Gasteiger charge is -2.09. The molecule has 28 heavy (non-hydrogen) atoms. The Labute approximate surface area is 160 Å². The van der Waals surface area contributed by atoms with E-state index in [4.69, 9.17) is 0 Å². The molecule has 0 aliphatic carbocycles. The van der Waals surface area contributed by atoms with Crippen LogP contribution in [0.4, 0.5) is 4.39 Å². The number of hydrogen-bond acceptors (Lipinski definition) is 3. The van der Waals surface area contributed by atoms with Gasteiger partial charge in [0.05, 0.1) is 16.6 Å². The second-order valence-corrected chi connectivity index (χ2v) is 6.29. The highest BCUT2D eigenvalue weighted by molar-refractivity contribution is 5.94. The van der Waals surface area contributed by atoms with Gasteiger partial charge >= 0.3 is 0 Å². The summed E-state index contributed by atoms with van der Waals surface area (Å²) in [7, 11) is 0. The summed E-state index contributed by atoms with van der Waals surface area (Å²) in [5.41, 5.74) is 2.37. The van der Waals surface area contributed by atoms with Gasteiger partial charge in [-0.25, -0.2) is 9.37 Å². The van der Waals surface area contributed by atoms with E-state index in [9.17, 15) is 14.0 Å². The highest BCUT2D eigenvalue weighted by Crippen LogP contribution is 2.11. The van der Waals surface area contributed by atoms with Crippen LogP contribution in [0.2, 0.25) is 0 Å². The maximum Gasteiger partial charge on any atom is 0.265 e. The first-order valence-corrected chi connectivity index (χ1v) is 8.71. The SMILES string of the molecule is O=C(NCc1ccc(F)cc1)c1ccc(-n2cnc3ccccc3c2=O)cc1. The van der Waals surface area contributed by atoms with Crippen LogP contribution in [0.3, 0.4) is 0 Å². The monoisotopic (exact) mass is 373 g/mol. The first-order valence-electron chi connectivity index (χ1n) is 8.71. The van der Waals surface area contributed by atoms with Crippen LogP contribution in [0.5, 0.6) is 0 Å². The van der Waals surface area contributed by atoms with Crippen LogP contribution < -0.4 is 10.9 Å². The van der Waals surface area contributed by atoms with Gasteiger partial charge in [-0.15, -0.1) is 0 Å². The average molecular weight is 373 g/mol. The summed E-state index contributed by atoms with van der Waals surface area (Å²) < 4.78 is 14.4. The van der Waals surface area contributed by atoms with Crippen molar-refractivity contribution >= 4 is 16.8 Å². The minimum absolute atomic E-state index is 0.167. The fourth-order valence-corrected chi connectivity index (χ4v) is 2.91. The molecule has 3 aromatic carbocycles. The second kappa shape index (κ2) is 7.44. The molecule has 5 nitrogen and oxygen atoms in total. The number of carbonyl (C=O) groups excluding carboxylic acids is 1. The smallest absolute Gasteiger partial charge is 0.265 e. The van der Waals surface area contributed by atoms with Crippen molar-refractivity contribution in [3.8, 4) is 5.69 Å². The molecule has 4 rings (SSSR count). The van der Waals surface area contributed by atoms with Gasteiger partial charge in [0.25, 0.3) is 11.5 Å². The summed E-state index contributed by atoms with van der Waals surface area (Å²) in [6.45, 7) is 0.301. The third-order valence-corrected chi connectivity index (χ3v) is 4.44. The molecule has 0 saturated heterocycles. The predicted molar refractivity (Wildman–Crippen MR) is 105 cm³/mol. The fraction of sp³-hybridized carbons (Fsp3) is 0.0455. The molecule has 0 aliphatic heterocycles. The molecule has 1 aromatic heterocycles. The van der Waals surface area contributed by atoms with Crippen molar-refractivity contribution in [2.45, 2.75) is 6.54 Å². The third kappa shape index (κ3) is 3.53. The van der Waals surface area contributed by atoms with Crippen molar-refractivity contribution in [1.29, 1.82) is 0 Å². The van der Waals surface area contributed by atoms with Crippen LogP contribution in [0.15, 0.2) is 83.9 Å². The minimum Gasteiger partial charge on any atom is -0.348 e. The Bertz CT molecular complexity index is 1200. The molecule has 1 N–H and O–H groups in total. The van der Waals surface area contributed by atoms with Crippen LogP contribution in [-0.4, -0.2) is 15.5 Å². The van der Waals surface area contributed by atoms with E-state index < -0.39 is 0 Å². The molecule has 0 saturated carbocycles. The van der Waals surface area contributed by atoms with Crippen LogP contribution in [0, 0.1) is 5.82 Å². The molecule has 1 amide bonds. The molecule has 0 unspecified atom stereocenters. The molecule has 1 heterocycles. The van der Waals surface area contributed by atoms with Gasteiger partial charge in [-0.1, -0.05) is 24.3 Å². The lowest BCUT2D eigenvalue weighted by Crippen LogP contribution is -2.23. The third-order valence-electron chi connectivity index (χ3n) is 4.44. The number of para-hydroxylation sites is 1. The quantitative estimate of drug-likeness (QED) is 0.596. The van der Waals surface area contributed by atoms with Crippen LogP contribution in [-0.2, 0) is 6.54 Å². The van der Waals surface area contributed by atoms with Crippen molar-refractivity contribution in [2.24, 2.45) is 0 Å².